The van der Waals surface area contributed by atoms with Gasteiger partial charge in [-0.1, -0.05) is 54.6 Å². The monoisotopic (exact) mass is 313 g/mol. The van der Waals surface area contributed by atoms with Gasteiger partial charge in [0.2, 0.25) is 0 Å². The normalized spacial score (nSPS) is 11.3. The van der Waals surface area contributed by atoms with Gasteiger partial charge in [0.1, 0.15) is 27.8 Å². The first-order valence-corrected chi connectivity index (χ1v) is 8.76. The molecule has 0 atom stereocenters. The van der Waals surface area contributed by atoms with Crippen LogP contribution in [0.4, 0.5) is 0 Å². The van der Waals surface area contributed by atoms with E-state index >= 15 is 0 Å². The molecule has 3 aromatic rings. The second-order valence-electron chi connectivity index (χ2n) is 4.68. The molecule has 0 bridgehead atoms. The standard InChI is InChI=1S/C18H15ClOP/c19-20-21(16-10-4-1-5-11-16,17-12-6-2-7-13-17)18-14-8-3-9-15-18/h1-15H/q+1. The van der Waals surface area contributed by atoms with Crippen LogP contribution in [-0.4, -0.2) is 0 Å². The summed E-state index contributed by atoms with van der Waals surface area (Å²) in [6.45, 7) is 0. The number of rotatable bonds is 4. The van der Waals surface area contributed by atoms with E-state index in [0.29, 0.717) is 0 Å². The SMILES string of the molecule is ClO[P+](c1ccccc1)(c1ccccc1)c1ccccc1. The van der Waals surface area contributed by atoms with Crippen LogP contribution in [0.2, 0.25) is 0 Å². The van der Waals surface area contributed by atoms with Gasteiger partial charge in [0.05, 0.1) is 0 Å². The molecule has 0 radical (unpaired) electrons. The zero-order valence-corrected chi connectivity index (χ0v) is 13.0. The van der Waals surface area contributed by atoms with Crippen molar-refractivity contribution < 1.29 is 4.08 Å². The first-order chi connectivity index (χ1) is 10.4. The van der Waals surface area contributed by atoms with Gasteiger partial charge < -0.3 is 0 Å². The topological polar surface area (TPSA) is 9.23 Å². The van der Waals surface area contributed by atoms with E-state index in [4.69, 9.17) is 15.9 Å². The third-order valence-electron chi connectivity index (χ3n) is 3.46. The molecular formula is C18H15ClOP+. The number of benzene rings is 3. The van der Waals surface area contributed by atoms with Crippen LogP contribution in [0.5, 0.6) is 0 Å². The summed E-state index contributed by atoms with van der Waals surface area (Å²) >= 11 is 6.08. The molecule has 3 heteroatoms. The Balaban J connectivity index is 2.29. The van der Waals surface area contributed by atoms with Gasteiger partial charge in [0, 0.05) is 0 Å². The summed E-state index contributed by atoms with van der Waals surface area (Å²) in [5.74, 6) is 0. The van der Waals surface area contributed by atoms with Crippen molar-refractivity contribution in [1.29, 1.82) is 0 Å². The molecule has 104 valence electrons. The molecule has 1 nitrogen and oxygen atoms in total. The molecule has 0 N–H and O–H groups in total. The van der Waals surface area contributed by atoms with Gasteiger partial charge in [-0.05, 0) is 36.4 Å². The average molecular weight is 314 g/mol. The Morgan fingerprint density at radius 1 is 0.524 bits per heavy atom. The first-order valence-electron chi connectivity index (χ1n) is 6.74. The minimum absolute atomic E-state index is 1.11. The van der Waals surface area contributed by atoms with Crippen LogP contribution in [0.3, 0.4) is 0 Å². The van der Waals surface area contributed by atoms with Crippen LogP contribution in [0.15, 0.2) is 91.0 Å². The molecule has 0 saturated heterocycles. The van der Waals surface area contributed by atoms with Gasteiger partial charge in [-0.2, -0.15) is 0 Å². The molecule has 0 unspecified atom stereocenters. The van der Waals surface area contributed by atoms with Crippen LogP contribution in [0.1, 0.15) is 0 Å². The molecule has 0 spiro atoms. The minimum atomic E-state index is -2.27. The second-order valence-corrected chi connectivity index (χ2v) is 8.00. The maximum Gasteiger partial charge on any atom is 0.267 e. The molecule has 0 amide bonds. The van der Waals surface area contributed by atoms with Gasteiger partial charge in [-0.25, -0.2) is 0 Å². The van der Waals surface area contributed by atoms with Crippen molar-refractivity contribution in [2.45, 2.75) is 0 Å². The molecule has 3 rings (SSSR count). The molecule has 0 fully saturated rings. The van der Waals surface area contributed by atoms with Crippen molar-refractivity contribution in [2.24, 2.45) is 0 Å². The van der Waals surface area contributed by atoms with E-state index < -0.39 is 7.49 Å². The highest BCUT2D eigenvalue weighted by atomic mass is 35.5. The van der Waals surface area contributed by atoms with Gasteiger partial charge in [0.25, 0.3) is 7.49 Å². The molecule has 21 heavy (non-hydrogen) atoms. The highest BCUT2D eigenvalue weighted by Gasteiger charge is 2.48. The lowest BCUT2D eigenvalue weighted by atomic mass is 10.4. The predicted octanol–water partition coefficient (Wildman–Crippen LogP) is 4.07. The Labute approximate surface area is 130 Å². The first kappa shape index (κ1) is 14.3. The van der Waals surface area contributed by atoms with E-state index in [2.05, 4.69) is 36.4 Å². The summed E-state index contributed by atoms with van der Waals surface area (Å²) in [6.07, 6.45) is 0. The van der Waals surface area contributed by atoms with Gasteiger partial charge >= 0.3 is 0 Å². The molecule has 0 aliphatic heterocycles. The van der Waals surface area contributed by atoms with E-state index in [0.717, 1.165) is 15.9 Å². The summed E-state index contributed by atoms with van der Waals surface area (Å²) in [4.78, 5) is 0. The molecule has 0 heterocycles. The molecule has 0 aromatic heterocycles. The number of hydrogen-bond acceptors (Lipinski definition) is 1. The molecule has 3 aromatic carbocycles. The Hall–Kier alpha value is -1.66. The molecule has 0 aliphatic rings. The summed E-state index contributed by atoms with van der Waals surface area (Å²) in [5, 5.41) is 3.33. The largest absolute Gasteiger partial charge is 0.267 e. The van der Waals surface area contributed by atoms with Crippen LogP contribution in [0, 0.1) is 0 Å². The smallest absolute Gasteiger partial charge is 0.113 e. The quantitative estimate of drug-likeness (QED) is 0.660. The number of hydrogen-bond donors (Lipinski definition) is 0. The maximum absolute atomic E-state index is 6.08. The van der Waals surface area contributed by atoms with Crippen LogP contribution < -0.4 is 15.9 Å². The van der Waals surface area contributed by atoms with Crippen molar-refractivity contribution >= 4 is 35.3 Å². The number of halogens is 1. The van der Waals surface area contributed by atoms with Crippen LogP contribution >= 0.6 is 19.4 Å². The van der Waals surface area contributed by atoms with Gasteiger partial charge in [0.15, 0.2) is 0 Å². The van der Waals surface area contributed by atoms with Crippen molar-refractivity contribution in [3.63, 3.8) is 0 Å². The van der Waals surface area contributed by atoms with E-state index in [1.54, 1.807) is 0 Å². The van der Waals surface area contributed by atoms with Gasteiger partial charge in [-0.3, -0.25) is 0 Å². The Morgan fingerprint density at radius 3 is 1.05 bits per heavy atom. The zero-order chi connectivity index (χ0) is 14.5. The lowest BCUT2D eigenvalue weighted by molar-refractivity contribution is 0.697. The van der Waals surface area contributed by atoms with Gasteiger partial charge in [-0.15, -0.1) is 4.08 Å². The zero-order valence-electron chi connectivity index (χ0n) is 11.4. The summed E-state index contributed by atoms with van der Waals surface area (Å²) in [5.41, 5.74) is 0. The Bertz CT molecular complexity index is 590. The van der Waals surface area contributed by atoms with Crippen LogP contribution in [-0.2, 0) is 4.08 Å². The third-order valence-corrected chi connectivity index (χ3v) is 7.37. The third kappa shape index (κ3) is 2.61. The fourth-order valence-corrected chi connectivity index (χ4v) is 6.11. The highest BCUT2D eigenvalue weighted by molar-refractivity contribution is 7.92. The van der Waals surface area contributed by atoms with E-state index in [-0.39, 0.29) is 0 Å². The minimum Gasteiger partial charge on any atom is -0.113 e. The lowest BCUT2D eigenvalue weighted by Gasteiger charge is -2.21. The van der Waals surface area contributed by atoms with Crippen molar-refractivity contribution in [3.8, 4) is 0 Å². The van der Waals surface area contributed by atoms with E-state index in [1.165, 1.54) is 0 Å². The van der Waals surface area contributed by atoms with Crippen molar-refractivity contribution in [2.75, 3.05) is 0 Å². The average Bonchev–Trinajstić information content (AvgIpc) is 2.59. The Morgan fingerprint density at radius 2 is 0.810 bits per heavy atom. The highest BCUT2D eigenvalue weighted by Crippen LogP contribution is 2.57. The van der Waals surface area contributed by atoms with E-state index in [1.807, 2.05) is 54.6 Å². The van der Waals surface area contributed by atoms with Crippen molar-refractivity contribution in [1.82, 2.24) is 0 Å². The predicted molar refractivity (Wildman–Crippen MR) is 92.1 cm³/mol. The van der Waals surface area contributed by atoms with Crippen LogP contribution in [0.25, 0.3) is 0 Å². The molecular weight excluding hydrogens is 299 g/mol. The fourth-order valence-electron chi connectivity index (χ4n) is 2.48. The summed E-state index contributed by atoms with van der Waals surface area (Å²) < 4.78 is 5.68. The fraction of sp³-hybridized carbons (Fsp3) is 0. The van der Waals surface area contributed by atoms with E-state index in [9.17, 15) is 0 Å². The second kappa shape index (κ2) is 6.41. The molecule has 0 aliphatic carbocycles. The summed E-state index contributed by atoms with van der Waals surface area (Å²) in [6, 6.07) is 30.6. The van der Waals surface area contributed by atoms with Crippen molar-refractivity contribution in [3.05, 3.63) is 91.0 Å². The summed E-state index contributed by atoms with van der Waals surface area (Å²) in [7, 11) is -2.27. The lowest BCUT2D eigenvalue weighted by Crippen LogP contribution is -2.31. The Kier molecular flexibility index (Phi) is 4.36. The molecule has 0 saturated carbocycles. The maximum atomic E-state index is 6.08.